The van der Waals surface area contributed by atoms with Crippen LogP contribution in [0.15, 0.2) is 91.0 Å². The topological polar surface area (TPSA) is 44.2 Å². The van der Waals surface area contributed by atoms with Crippen LogP contribution in [0.2, 0.25) is 0 Å². The zero-order valence-electron chi connectivity index (χ0n) is 20.4. The van der Waals surface area contributed by atoms with Crippen LogP contribution in [0.1, 0.15) is 27.7 Å². The van der Waals surface area contributed by atoms with E-state index in [-0.39, 0.29) is 18.3 Å². The summed E-state index contributed by atoms with van der Waals surface area (Å²) in [5.74, 6) is 0.701. The van der Waals surface area contributed by atoms with Gasteiger partial charge in [-0.25, -0.2) is 9.97 Å². The first-order chi connectivity index (χ1) is 16.8. The summed E-state index contributed by atoms with van der Waals surface area (Å²) in [6.07, 6.45) is 0. The molecule has 2 heterocycles. The predicted octanol–water partition coefficient (Wildman–Crippen LogP) is 6.42. The molecular weight excluding hydrogens is 431 g/mol. The van der Waals surface area contributed by atoms with Gasteiger partial charge in [-0.15, -0.1) is 0 Å². The minimum atomic E-state index is -0.389. The maximum atomic E-state index is 6.21. The molecule has 5 heteroatoms. The van der Waals surface area contributed by atoms with E-state index in [4.69, 9.17) is 19.3 Å². The lowest BCUT2D eigenvalue weighted by Gasteiger charge is -2.32. The Morgan fingerprint density at radius 1 is 0.629 bits per heavy atom. The second-order valence-corrected chi connectivity index (χ2v) is 10.2. The van der Waals surface area contributed by atoms with Crippen LogP contribution in [0.4, 0.5) is 0 Å². The zero-order chi connectivity index (χ0) is 24.2. The van der Waals surface area contributed by atoms with Crippen LogP contribution in [0.5, 0.6) is 0 Å². The average Bonchev–Trinajstić information content (AvgIpc) is 3.09. The normalized spacial score (nSPS) is 16.7. The Kier molecular flexibility index (Phi) is 5.03. The van der Waals surface area contributed by atoms with Gasteiger partial charge in [-0.1, -0.05) is 78.9 Å². The molecule has 0 bridgehead atoms. The van der Waals surface area contributed by atoms with E-state index < -0.39 is 0 Å². The maximum absolute atomic E-state index is 6.21. The van der Waals surface area contributed by atoms with Crippen molar-refractivity contribution in [2.45, 2.75) is 38.9 Å². The zero-order valence-corrected chi connectivity index (χ0v) is 20.4. The summed E-state index contributed by atoms with van der Waals surface area (Å²) in [6, 6.07) is 31.3. The van der Waals surface area contributed by atoms with E-state index in [1.807, 2.05) is 30.3 Å². The molecule has 0 saturated carbocycles. The van der Waals surface area contributed by atoms with Crippen molar-refractivity contribution < 1.29 is 9.31 Å². The predicted molar refractivity (Wildman–Crippen MR) is 144 cm³/mol. The van der Waals surface area contributed by atoms with Gasteiger partial charge < -0.3 is 9.31 Å². The summed E-state index contributed by atoms with van der Waals surface area (Å²) < 4.78 is 12.4. The quantitative estimate of drug-likeness (QED) is 0.293. The van der Waals surface area contributed by atoms with Crippen LogP contribution in [-0.4, -0.2) is 28.3 Å². The fourth-order valence-corrected chi connectivity index (χ4v) is 4.53. The van der Waals surface area contributed by atoms with Crippen molar-refractivity contribution in [2.24, 2.45) is 0 Å². The van der Waals surface area contributed by atoms with Gasteiger partial charge in [0.05, 0.1) is 22.4 Å². The van der Waals surface area contributed by atoms with Gasteiger partial charge >= 0.3 is 7.12 Å². The second-order valence-electron chi connectivity index (χ2n) is 10.2. The third-order valence-electron chi connectivity index (χ3n) is 7.32. The Bertz CT molecular complexity index is 1540. The Morgan fingerprint density at radius 2 is 1.26 bits per heavy atom. The van der Waals surface area contributed by atoms with Crippen molar-refractivity contribution in [2.75, 3.05) is 0 Å². The molecule has 1 fully saturated rings. The van der Waals surface area contributed by atoms with Crippen molar-refractivity contribution in [3.63, 3.8) is 0 Å². The monoisotopic (exact) mass is 458 g/mol. The fourth-order valence-electron chi connectivity index (χ4n) is 4.53. The van der Waals surface area contributed by atoms with E-state index in [1.165, 1.54) is 10.8 Å². The third-order valence-corrected chi connectivity index (χ3v) is 7.32. The highest BCUT2D eigenvalue weighted by atomic mass is 16.7. The summed E-state index contributed by atoms with van der Waals surface area (Å²) >= 11 is 0. The Hall–Kier alpha value is -3.54. The van der Waals surface area contributed by atoms with Gasteiger partial charge in [-0.05, 0) is 56.1 Å². The van der Waals surface area contributed by atoms with Gasteiger partial charge in [0.2, 0.25) is 0 Å². The lowest BCUT2D eigenvalue weighted by Crippen LogP contribution is -2.41. The number of rotatable bonds is 3. The molecule has 6 rings (SSSR count). The molecule has 0 spiro atoms. The van der Waals surface area contributed by atoms with Gasteiger partial charge in [0.1, 0.15) is 0 Å². The minimum Gasteiger partial charge on any atom is -0.399 e. The molecule has 5 aromatic rings. The molecule has 1 aliphatic heterocycles. The molecule has 0 atom stereocenters. The molecule has 35 heavy (non-hydrogen) atoms. The standard InChI is InChI=1S/C30H27BN2O2/c1-29(2)30(3,4)35-31(34-29)24-17-15-21(16-18-24)28-32-26-12-8-7-11-25(26)27(33-28)23-14-13-20-9-5-6-10-22(20)19-23/h5-19H,1-4H3. The summed E-state index contributed by atoms with van der Waals surface area (Å²) in [7, 11) is -0.389. The molecule has 4 aromatic carbocycles. The number of hydrogen-bond acceptors (Lipinski definition) is 4. The molecule has 0 unspecified atom stereocenters. The molecule has 1 aliphatic rings. The van der Waals surface area contributed by atoms with Crippen LogP contribution >= 0.6 is 0 Å². The van der Waals surface area contributed by atoms with E-state index in [2.05, 4.69) is 88.4 Å². The number of benzene rings is 4. The largest absolute Gasteiger partial charge is 0.494 e. The molecule has 172 valence electrons. The van der Waals surface area contributed by atoms with Crippen molar-refractivity contribution in [3.05, 3.63) is 91.0 Å². The molecule has 1 aromatic heterocycles. The Labute approximate surface area is 206 Å². The first-order valence-corrected chi connectivity index (χ1v) is 12.0. The number of para-hydroxylation sites is 1. The van der Waals surface area contributed by atoms with Crippen LogP contribution in [-0.2, 0) is 9.31 Å². The Morgan fingerprint density at radius 3 is 2.00 bits per heavy atom. The molecule has 1 saturated heterocycles. The van der Waals surface area contributed by atoms with E-state index in [0.29, 0.717) is 5.82 Å². The highest BCUT2D eigenvalue weighted by molar-refractivity contribution is 6.62. The summed E-state index contributed by atoms with van der Waals surface area (Å²) in [5.41, 5.74) is 4.15. The fraction of sp³-hybridized carbons (Fsp3) is 0.200. The lowest BCUT2D eigenvalue weighted by molar-refractivity contribution is 0.00578. The molecule has 0 N–H and O–H groups in total. The Balaban J connectivity index is 1.41. The van der Waals surface area contributed by atoms with Gasteiger partial charge in [0, 0.05) is 16.5 Å². The third kappa shape index (κ3) is 3.81. The number of hydrogen-bond donors (Lipinski definition) is 0. The lowest BCUT2D eigenvalue weighted by atomic mass is 9.79. The highest BCUT2D eigenvalue weighted by Gasteiger charge is 2.51. The van der Waals surface area contributed by atoms with Crippen molar-refractivity contribution >= 4 is 34.3 Å². The van der Waals surface area contributed by atoms with E-state index in [1.54, 1.807) is 0 Å². The molecule has 0 amide bonds. The number of fused-ring (bicyclic) bond motifs is 2. The average molecular weight is 458 g/mol. The minimum absolute atomic E-state index is 0.368. The van der Waals surface area contributed by atoms with Crippen molar-refractivity contribution in [1.82, 2.24) is 9.97 Å². The first-order valence-electron chi connectivity index (χ1n) is 12.0. The molecule has 4 nitrogen and oxygen atoms in total. The van der Waals surface area contributed by atoms with Crippen LogP contribution in [0.3, 0.4) is 0 Å². The van der Waals surface area contributed by atoms with Crippen LogP contribution < -0.4 is 5.46 Å². The van der Waals surface area contributed by atoms with Crippen LogP contribution in [0.25, 0.3) is 44.3 Å². The molecule has 0 radical (unpaired) electrons. The van der Waals surface area contributed by atoms with Gasteiger partial charge in [-0.2, -0.15) is 0 Å². The van der Waals surface area contributed by atoms with Crippen molar-refractivity contribution in [1.29, 1.82) is 0 Å². The summed E-state index contributed by atoms with van der Waals surface area (Å²) in [4.78, 5) is 9.94. The maximum Gasteiger partial charge on any atom is 0.494 e. The van der Waals surface area contributed by atoms with Gasteiger partial charge in [-0.3, -0.25) is 0 Å². The molecule has 0 aliphatic carbocycles. The van der Waals surface area contributed by atoms with Crippen molar-refractivity contribution in [3.8, 4) is 22.6 Å². The van der Waals surface area contributed by atoms with Gasteiger partial charge in [0.25, 0.3) is 0 Å². The first kappa shape index (κ1) is 22.0. The van der Waals surface area contributed by atoms with E-state index >= 15 is 0 Å². The summed E-state index contributed by atoms with van der Waals surface area (Å²) in [6.45, 7) is 8.27. The van der Waals surface area contributed by atoms with Crippen LogP contribution in [0, 0.1) is 0 Å². The smallest absolute Gasteiger partial charge is 0.399 e. The SMILES string of the molecule is CC1(C)OB(c2ccc(-c3nc(-c4ccc5ccccc5c4)c4ccccc4n3)cc2)OC1(C)C. The molecular formula is C30H27BN2O2. The summed E-state index contributed by atoms with van der Waals surface area (Å²) in [5, 5.41) is 3.45. The highest BCUT2D eigenvalue weighted by Crippen LogP contribution is 2.37. The van der Waals surface area contributed by atoms with Gasteiger partial charge in [0.15, 0.2) is 5.82 Å². The van der Waals surface area contributed by atoms with E-state index in [9.17, 15) is 0 Å². The number of aromatic nitrogens is 2. The van der Waals surface area contributed by atoms with E-state index in [0.717, 1.165) is 33.2 Å². The number of nitrogens with zero attached hydrogens (tertiary/aromatic N) is 2. The second kappa shape index (κ2) is 8.01.